The van der Waals surface area contributed by atoms with Gasteiger partial charge in [0.1, 0.15) is 11.3 Å². The van der Waals surface area contributed by atoms with Crippen LogP contribution in [0.25, 0.3) is 11.0 Å². The quantitative estimate of drug-likeness (QED) is 0.811. The predicted molar refractivity (Wildman–Crippen MR) is 63.2 cm³/mol. The van der Waals surface area contributed by atoms with Gasteiger partial charge in [0.05, 0.1) is 6.54 Å². The molecule has 80 valence electrons. The lowest BCUT2D eigenvalue weighted by molar-refractivity contribution is 0.527. The zero-order valence-electron chi connectivity index (χ0n) is 9.77. The van der Waals surface area contributed by atoms with Crippen LogP contribution in [-0.2, 0) is 6.54 Å². The van der Waals surface area contributed by atoms with Crippen LogP contribution in [0.15, 0.2) is 16.5 Å². The van der Waals surface area contributed by atoms with Gasteiger partial charge in [-0.25, -0.2) is 0 Å². The maximum atomic E-state index is 5.81. The molecule has 2 rings (SSSR count). The minimum absolute atomic E-state index is 0.790. The van der Waals surface area contributed by atoms with Gasteiger partial charge in [-0.15, -0.1) is 0 Å². The molecular formula is C13H17NO. The normalized spacial score (nSPS) is 11.2. The molecule has 1 heterocycles. The van der Waals surface area contributed by atoms with Crippen molar-refractivity contribution in [3.8, 4) is 0 Å². The third-order valence-electron chi connectivity index (χ3n) is 2.99. The number of rotatable bonds is 2. The summed E-state index contributed by atoms with van der Waals surface area (Å²) in [5.41, 5.74) is 4.86. The van der Waals surface area contributed by atoms with E-state index in [0.717, 1.165) is 17.9 Å². The lowest BCUT2D eigenvalue weighted by Gasteiger charge is -1.98. The minimum Gasteiger partial charge on any atom is -0.459 e. The van der Waals surface area contributed by atoms with Gasteiger partial charge in [0.25, 0.3) is 0 Å². The molecule has 0 saturated heterocycles. The molecule has 0 aliphatic rings. The summed E-state index contributed by atoms with van der Waals surface area (Å²) in [5.74, 6) is 1.04. The fraction of sp³-hybridized carbons (Fsp3) is 0.385. The zero-order chi connectivity index (χ0) is 11.0. The molecule has 0 radical (unpaired) electrons. The van der Waals surface area contributed by atoms with E-state index in [9.17, 15) is 0 Å². The number of aryl methyl sites for hydroxylation is 3. The Morgan fingerprint density at radius 1 is 1.13 bits per heavy atom. The summed E-state index contributed by atoms with van der Waals surface area (Å²) in [6.07, 6.45) is 0. The van der Waals surface area contributed by atoms with Gasteiger partial charge in [0.2, 0.25) is 0 Å². The van der Waals surface area contributed by atoms with E-state index in [2.05, 4.69) is 38.2 Å². The topological polar surface area (TPSA) is 25.2 Å². The van der Waals surface area contributed by atoms with Crippen LogP contribution in [0, 0.1) is 20.8 Å². The van der Waals surface area contributed by atoms with Crippen molar-refractivity contribution in [1.29, 1.82) is 0 Å². The molecule has 0 aliphatic carbocycles. The van der Waals surface area contributed by atoms with Gasteiger partial charge in [-0.1, -0.05) is 0 Å². The second-order valence-electron chi connectivity index (χ2n) is 4.11. The Kier molecular flexibility index (Phi) is 2.53. The minimum atomic E-state index is 0.790. The molecule has 0 fully saturated rings. The number of fused-ring (bicyclic) bond motifs is 1. The summed E-state index contributed by atoms with van der Waals surface area (Å²) >= 11 is 0. The van der Waals surface area contributed by atoms with E-state index in [1.807, 2.05) is 7.05 Å². The van der Waals surface area contributed by atoms with Crippen LogP contribution >= 0.6 is 0 Å². The van der Waals surface area contributed by atoms with Crippen molar-refractivity contribution in [2.45, 2.75) is 27.3 Å². The van der Waals surface area contributed by atoms with Crippen molar-refractivity contribution in [3.05, 3.63) is 34.6 Å². The average molecular weight is 203 g/mol. The molecular weight excluding hydrogens is 186 g/mol. The van der Waals surface area contributed by atoms with Gasteiger partial charge in [-0.3, -0.25) is 0 Å². The lowest BCUT2D eigenvalue weighted by Crippen LogP contribution is -2.04. The van der Waals surface area contributed by atoms with Crippen molar-refractivity contribution >= 4 is 11.0 Å². The van der Waals surface area contributed by atoms with Crippen molar-refractivity contribution in [2.24, 2.45) is 0 Å². The van der Waals surface area contributed by atoms with E-state index in [1.54, 1.807) is 0 Å². The van der Waals surface area contributed by atoms with Gasteiger partial charge in [0, 0.05) is 5.39 Å². The van der Waals surface area contributed by atoms with Crippen molar-refractivity contribution in [2.75, 3.05) is 7.05 Å². The molecule has 0 unspecified atom stereocenters. The molecule has 1 N–H and O–H groups in total. The van der Waals surface area contributed by atoms with E-state index < -0.39 is 0 Å². The molecule has 1 aromatic carbocycles. The summed E-state index contributed by atoms with van der Waals surface area (Å²) in [7, 11) is 1.93. The first-order valence-corrected chi connectivity index (χ1v) is 5.27. The number of benzene rings is 1. The van der Waals surface area contributed by atoms with E-state index in [0.29, 0.717) is 0 Å². The van der Waals surface area contributed by atoms with Gasteiger partial charge >= 0.3 is 0 Å². The third-order valence-corrected chi connectivity index (χ3v) is 2.99. The Labute approximate surface area is 90.3 Å². The molecule has 0 spiro atoms. The standard InChI is InChI=1S/C13H17NO/c1-8-5-11-10(3)13(7-14-4)15-12(11)6-9(8)2/h5-6,14H,7H2,1-4H3. The zero-order valence-corrected chi connectivity index (χ0v) is 9.77. The Bertz CT molecular complexity index is 497. The first-order chi connectivity index (χ1) is 7.13. The van der Waals surface area contributed by atoms with Gasteiger partial charge in [-0.05, 0) is 56.6 Å². The third kappa shape index (κ3) is 1.65. The van der Waals surface area contributed by atoms with Crippen molar-refractivity contribution < 1.29 is 4.42 Å². The SMILES string of the molecule is CNCc1oc2cc(C)c(C)cc2c1C. The second-order valence-corrected chi connectivity index (χ2v) is 4.11. The highest BCUT2D eigenvalue weighted by Crippen LogP contribution is 2.27. The fourth-order valence-corrected chi connectivity index (χ4v) is 1.86. The Morgan fingerprint density at radius 2 is 1.80 bits per heavy atom. The molecule has 2 aromatic rings. The molecule has 15 heavy (non-hydrogen) atoms. The fourth-order valence-electron chi connectivity index (χ4n) is 1.86. The maximum Gasteiger partial charge on any atom is 0.134 e. The van der Waals surface area contributed by atoms with Crippen LogP contribution in [-0.4, -0.2) is 7.05 Å². The summed E-state index contributed by atoms with van der Waals surface area (Å²) < 4.78 is 5.81. The van der Waals surface area contributed by atoms with Gasteiger partial charge < -0.3 is 9.73 Å². The second kappa shape index (κ2) is 3.70. The summed E-state index contributed by atoms with van der Waals surface area (Å²) in [5, 5.41) is 4.36. The summed E-state index contributed by atoms with van der Waals surface area (Å²) in [4.78, 5) is 0. The smallest absolute Gasteiger partial charge is 0.134 e. The first kappa shape index (κ1) is 10.2. The van der Waals surface area contributed by atoms with Crippen LogP contribution in [0.3, 0.4) is 0 Å². The number of nitrogens with one attached hydrogen (secondary N) is 1. The highest BCUT2D eigenvalue weighted by atomic mass is 16.3. The van der Waals surface area contributed by atoms with Crippen LogP contribution in [0.2, 0.25) is 0 Å². The van der Waals surface area contributed by atoms with Crippen molar-refractivity contribution in [1.82, 2.24) is 5.32 Å². The molecule has 0 aliphatic heterocycles. The van der Waals surface area contributed by atoms with Crippen LogP contribution < -0.4 is 5.32 Å². The molecule has 0 amide bonds. The van der Waals surface area contributed by atoms with Crippen LogP contribution in [0.5, 0.6) is 0 Å². The molecule has 0 saturated carbocycles. The Morgan fingerprint density at radius 3 is 2.47 bits per heavy atom. The van der Waals surface area contributed by atoms with Gasteiger partial charge in [-0.2, -0.15) is 0 Å². The van der Waals surface area contributed by atoms with E-state index in [1.165, 1.54) is 22.1 Å². The predicted octanol–water partition coefficient (Wildman–Crippen LogP) is 3.08. The van der Waals surface area contributed by atoms with Gasteiger partial charge in [0.15, 0.2) is 0 Å². The molecule has 2 heteroatoms. The van der Waals surface area contributed by atoms with E-state index in [4.69, 9.17) is 4.42 Å². The Hall–Kier alpha value is -1.28. The van der Waals surface area contributed by atoms with Crippen molar-refractivity contribution in [3.63, 3.8) is 0 Å². The monoisotopic (exact) mass is 203 g/mol. The highest BCUT2D eigenvalue weighted by Gasteiger charge is 2.10. The first-order valence-electron chi connectivity index (χ1n) is 5.27. The molecule has 0 atom stereocenters. The van der Waals surface area contributed by atoms with Crippen LogP contribution in [0.4, 0.5) is 0 Å². The summed E-state index contributed by atoms with van der Waals surface area (Å²) in [6.45, 7) is 7.16. The summed E-state index contributed by atoms with van der Waals surface area (Å²) in [6, 6.07) is 4.33. The maximum absolute atomic E-state index is 5.81. The Balaban J connectivity index is 2.66. The van der Waals surface area contributed by atoms with E-state index >= 15 is 0 Å². The van der Waals surface area contributed by atoms with E-state index in [-0.39, 0.29) is 0 Å². The average Bonchev–Trinajstić information content (AvgIpc) is 2.47. The number of furan rings is 1. The highest BCUT2D eigenvalue weighted by molar-refractivity contribution is 5.83. The molecule has 1 aromatic heterocycles. The number of hydrogen-bond donors (Lipinski definition) is 1. The molecule has 2 nitrogen and oxygen atoms in total. The molecule has 0 bridgehead atoms. The lowest BCUT2D eigenvalue weighted by atomic mass is 10.1. The van der Waals surface area contributed by atoms with Crippen LogP contribution in [0.1, 0.15) is 22.5 Å². The number of hydrogen-bond acceptors (Lipinski definition) is 2. The largest absolute Gasteiger partial charge is 0.459 e.